The number of fused-ring (bicyclic) bond motifs is 3. The summed E-state index contributed by atoms with van der Waals surface area (Å²) in [5.74, 6) is -2.35. The lowest BCUT2D eigenvalue weighted by Crippen LogP contribution is -2.27. The maximum Gasteiger partial charge on any atom is 0.249 e. The summed E-state index contributed by atoms with van der Waals surface area (Å²) in [5.41, 5.74) is 1.60. The Balaban J connectivity index is 1.72. The van der Waals surface area contributed by atoms with E-state index >= 15 is 0 Å². The van der Waals surface area contributed by atoms with E-state index < -0.39 is 23.9 Å². The lowest BCUT2D eigenvalue weighted by atomic mass is 9.79. The molecule has 164 valence electrons. The number of halogens is 2. The van der Waals surface area contributed by atoms with Crippen LogP contribution >= 0.6 is 0 Å². The van der Waals surface area contributed by atoms with Gasteiger partial charge in [-0.2, -0.15) is 5.26 Å². The Kier molecular flexibility index (Phi) is 5.99. The van der Waals surface area contributed by atoms with Gasteiger partial charge in [-0.3, -0.25) is 0 Å². The Morgan fingerprint density at radius 3 is 2.35 bits per heavy atom. The van der Waals surface area contributed by atoms with Gasteiger partial charge in [0.1, 0.15) is 29.4 Å². The normalized spacial score (nSPS) is 23.3. The summed E-state index contributed by atoms with van der Waals surface area (Å²) < 4.78 is 55.9. The Morgan fingerprint density at radius 1 is 1.03 bits per heavy atom. The molecule has 31 heavy (non-hydrogen) atoms. The number of alkyl halides is 2. The summed E-state index contributed by atoms with van der Waals surface area (Å²) in [5, 5.41) is 9.67. The average Bonchev–Trinajstić information content (AvgIpc) is 3.10. The second kappa shape index (κ2) is 8.69. The number of hydrogen-bond acceptors (Lipinski definition) is 6. The van der Waals surface area contributed by atoms with Crippen molar-refractivity contribution < 1.29 is 32.5 Å². The minimum atomic E-state index is -2.81. The van der Waals surface area contributed by atoms with Crippen molar-refractivity contribution in [2.75, 3.05) is 27.8 Å². The molecule has 3 atom stereocenters. The minimum absolute atomic E-state index is 0.00508. The van der Waals surface area contributed by atoms with E-state index in [0.717, 1.165) is 5.56 Å². The first-order valence-corrected chi connectivity index (χ1v) is 9.91. The molecule has 0 bridgehead atoms. The third kappa shape index (κ3) is 4.29. The fourth-order valence-electron chi connectivity index (χ4n) is 4.44. The number of nitriles is 1. The molecule has 2 aromatic rings. The molecule has 4 rings (SSSR count). The van der Waals surface area contributed by atoms with E-state index in [0.29, 0.717) is 22.8 Å². The van der Waals surface area contributed by atoms with Gasteiger partial charge >= 0.3 is 0 Å². The van der Waals surface area contributed by atoms with Gasteiger partial charge in [0.15, 0.2) is 13.6 Å². The number of hydrogen-bond donors (Lipinski definition) is 0. The van der Waals surface area contributed by atoms with Gasteiger partial charge in [-0.05, 0) is 23.8 Å². The van der Waals surface area contributed by atoms with Gasteiger partial charge in [0.05, 0.1) is 5.56 Å². The van der Waals surface area contributed by atoms with Crippen LogP contribution in [0.2, 0.25) is 0 Å². The summed E-state index contributed by atoms with van der Waals surface area (Å²) in [7, 11) is 3.01. The molecule has 0 N–H and O–H groups in total. The fraction of sp³-hybridized carbons (Fsp3) is 0.435. The average molecular weight is 431 g/mol. The van der Waals surface area contributed by atoms with Crippen LogP contribution in [0.3, 0.4) is 0 Å². The number of ether oxygens (including phenoxy) is 5. The van der Waals surface area contributed by atoms with Crippen LogP contribution in [-0.4, -0.2) is 33.7 Å². The molecule has 1 heterocycles. The van der Waals surface area contributed by atoms with Gasteiger partial charge in [0.25, 0.3) is 0 Å². The molecule has 1 aliphatic heterocycles. The molecule has 1 aliphatic carbocycles. The largest absolute Gasteiger partial charge is 0.484 e. The van der Waals surface area contributed by atoms with Crippen molar-refractivity contribution in [3.8, 4) is 23.3 Å². The molecule has 2 aliphatic rings. The van der Waals surface area contributed by atoms with Gasteiger partial charge in [-0.15, -0.1) is 0 Å². The van der Waals surface area contributed by atoms with E-state index in [2.05, 4.69) is 6.07 Å². The van der Waals surface area contributed by atoms with E-state index in [1.165, 1.54) is 14.2 Å². The quantitative estimate of drug-likeness (QED) is 0.588. The SMILES string of the molecule is COCOc1ccc([C@@H]2Oc3c(C#N)cc(OCOC)cc3[C@@H]3CC(F)(F)C[C@@H]32)cc1. The van der Waals surface area contributed by atoms with Crippen LogP contribution < -0.4 is 14.2 Å². The third-order valence-corrected chi connectivity index (χ3v) is 5.71. The highest BCUT2D eigenvalue weighted by Crippen LogP contribution is 2.59. The van der Waals surface area contributed by atoms with Crippen molar-refractivity contribution in [3.05, 3.63) is 53.1 Å². The van der Waals surface area contributed by atoms with Crippen LogP contribution in [0, 0.1) is 17.2 Å². The van der Waals surface area contributed by atoms with Crippen molar-refractivity contribution in [2.45, 2.75) is 30.8 Å². The summed E-state index contributed by atoms with van der Waals surface area (Å²) in [4.78, 5) is 0. The molecule has 0 amide bonds. The number of nitrogens with zero attached hydrogens (tertiary/aromatic N) is 1. The number of methoxy groups -OCH3 is 2. The maximum absolute atomic E-state index is 14.5. The zero-order chi connectivity index (χ0) is 22.0. The first kappa shape index (κ1) is 21.3. The van der Waals surface area contributed by atoms with E-state index in [4.69, 9.17) is 23.7 Å². The molecule has 1 fully saturated rings. The fourth-order valence-corrected chi connectivity index (χ4v) is 4.44. The van der Waals surface area contributed by atoms with Crippen LogP contribution in [0.15, 0.2) is 36.4 Å². The van der Waals surface area contributed by atoms with Gasteiger partial charge in [-0.25, -0.2) is 8.78 Å². The van der Waals surface area contributed by atoms with Gasteiger partial charge < -0.3 is 23.7 Å². The van der Waals surface area contributed by atoms with Crippen molar-refractivity contribution in [1.29, 1.82) is 5.26 Å². The topological polar surface area (TPSA) is 69.9 Å². The molecule has 8 heteroatoms. The number of rotatable bonds is 7. The first-order valence-electron chi connectivity index (χ1n) is 9.91. The van der Waals surface area contributed by atoms with Crippen molar-refractivity contribution in [1.82, 2.24) is 0 Å². The minimum Gasteiger partial charge on any atom is -0.484 e. The zero-order valence-corrected chi connectivity index (χ0v) is 17.3. The second-order valence-corrected chi connectivity index (χ2v) is 7.74. The molecule has 2 aromatic carbocycles. The third-order valence-electron chi connectivity index (χ3n) is 5.71. The van der Waals surface area contributed by atoms with Gasteiger partial charge in [0, 0.05) is 50.5 Å². The van der Waals surface area contributed by atoms with Crippen LogP contribution in [0.4, 0.5) is 8.78 Å². The van der Waals surface area contributed by atoms with E-state index in [1.54, 1.807) is 36.4 Å². The Bertz CT molecular complexity index is 973. The van der Waals surface area contributed by atoms with Crippen LogP contribution in [0.25, 0.3) is 0 Å². The highest BCUT2D eigenvalue weighted by molar-refractivity contribution is 5.56. The lowest BCUT2D eigenvalue weighted by Gasteiger charge is -2.36. The molecule has 0 saturated heterocycles. The smallest absolute Gasteiger partial charge is 0.249 e. The highest BCUT2D eigenvalue weighted by atomic mass is 19.3. The standard InChI is InChI=1S/C23H23F2NO5/c1-27-12-29-16-5-3-14(4-6-16)21-20-10-23(24,25)9-19(20)18-8-17(30-13-28-2)7-15(11-26)22(18)31-21/h3-8,19-21H,9-10,12-13H2,1-2H3/t19-,20-,21-/m0/s1. The molecule has 0 unspecified atom stereocenters. The maximum atomic E-state index is 14.5. The van der Waals surface area contributed by atoms with Crippen molar-refractivity contribution in [3.63, 3.8) is 0 Å². The van der Waals surface area contributed by atoms with Gasteiger partial charge in [-0.1, -0.05) is 12.1 Å². The predicted octanol–water partition coefficient (Wildman–Crippen LogP) is 4.79. The van der Waals surface area contributed by atoms with E-state index in [9.17, 15) is 14.0 Å². The van der Waals surface area contributed by atoms with Gasteiger partial charge in [0.2, 0.25) is 5.92 Å². The summed E-state index contributed by atoms with van der Waals surface area (Å²) in [6.07, 6.45) is -1.17. The molecule has 0 spiro atoms. The second-order valence-electron chi connectivity index (χ2n) is 7.74. The van der Waals surface area contributed by atoms with Crippen LogP contribution in [0.5, 0.6) is 17.2 Å². The highest BCUT2D eigenvalue weighted by Gasteiger charge is 2.54. The Morgan fingerprint density at radius 2 is 1.71 bits per heavy atom. The predicted molar refractivity (Wildman–Crippen MR) is 106 cm³/mol. The summed E-state index contributed by atoms with van der Waals surface area (Å²) in [6, 6.07) is 12.5. The van der Waals surface area contributed by atoms with Crippen LogP contribution in [0.1, 0.15) is 41.6 Å². The molecular weight excluding hydrogens is 408 g/mol. The van der Waals surface area contributed by atoms with Crippen LogP contribution in [-0.2, 0) is 9.47 Å². The molecular formula is C23H23F2NO5. The van der Waals surface area contributed by atoms with Crippen molar-refractivity contribution >= 4 is 0 Å². The van der Waals surface area contributed by atoms with Crippen molar-refractivity contribution in [2.24, 2.45) is 5.92 Å². The lowest BCUT2D eigenvalue weighted by molar-refractivity contribution is -0.00234. The molecule has 0 aromatic heterocycles. The summed E-state index contributed by atoms with van der Waals surface area (Å²) in [6.45, 7) is 0.109. The first-order chi connectivity index (χ1) is 15.0. The van der Waals surface area contributed by atoms with E-state index in [1.807, 2.05) is 0 Å². The zero-order valence-electron chi connectivity index (χ0n) is 17.3. The summed E-state index contributed by atoms with van der Waals surface area (Å²) >= 11 is 0. The molecule has 1 saturated carbocycles. The Labute approximate surface area is 179 Å². The molecule has 0 radical (unpaired) electrons. The number of benzene rings is 2. The Hall–Kier alpha value is -2.89. The van der Waals surface area contributed by atoms with E-state index in [-0.39, 0.29) is 32.0 Å². The molecule has 6 nitrogen and oxygen atoms in total. The monoisotopic (exact) mass is 431 g/mol.